The van der Waals surface area contributed by atoms with Crippen LogP contribution in [0.2, 0.25) is 0 Å². The van der Waals surface area contributed by atoms with Crippen molar-refractivity contribution in [2.75, 3.05) is 18.5 Å². The van der Waals surface area contributed by atoms with Gasteiger partial charge >= 0.3 is 6.09 Å². The fraction of sp³-hybridized carbons (Fsp3) is 0.857. The van der Waals surface area contributed by atoms with E-state index in [1.807, 2.05) is 6.92 Å². The van der Waals surface area contributed by atoms with Crippen molar-refractivity contribution in [3.63, 3.8) is 0 Å². The van der Waals surface area contributed by atoms with Gasteiger partial charge in [0.05, 0.1) is 25.3 Å². The molecule has 2 atom stereocenters. The lowest BCUT2D eigenvalue weighted by Gasteiger charge is -2.35. The first-order valence-corrected chi connectivity index (χ1v) is 4.94. The van der Waals surface area contributed by atoms with E-state index in [4.69, 9.17) is 9.84 Å². The van der Waals surface area contributed by atoms with Crippen molar-refractivity contribution in [2.24, 2.45) is 0 Å². The van der Waals surface area contributed by atoms with Crippen LogP contribution in [0, 0.1) is 0 Å². The Hall–Kier alpha value is -0.290. The van der Waals surface area contributed by atoms with Crippen LogP contribution >= 0.6 is 15.9 Å². The van der Waals surface area contributed by atoms with Gasteiger partial charge in [-0.15, -0.1) is 0 Å². The predicted octanol–water partition coefficient (Wildman–Crippen LogP) is 1.15. The van der Waals surface area contributed by atoms with Gasteiger partial charge in [0.25, 0.3) is 0 Å². The third-order valence-electron chi connectivity index (χ3n) is 1.92. The quantitative estimate of drug-likeness (QED) is 0.697. The summed E-state index contributed by atoms with van der Waals surface area (Å²) >= 11 is 3.26. The largest absolute Gasteiger partial charge is 0.465 e. The number of carboxylic acid groups (broad SMARTS) is 1. The molecule has 1 N–H and O–H groups in total. The molecule has 1 aliphatic rings. The number of alkyl halides is 1. The lowest BCUT2D eigenvalue weighted by Crippen LogP contribution is -2.51. The Bertz CT molecular complexity index is 176. The second-order valence-electron chi connectivity index (χ2n) is 2.89. The summed E-state index contributed by atoms with van der Waals surface area (Å²) in [4.78, 5) is 12.1. The van der Waals surface area contributed by atoms with Crippen LogP contribution in [0.3, 0.4) is 0 Å². The number of rotatable bonds is 1. The molecule has 0 aromatic heterocycles. The minimum absolute atomic E-state index is 0.00250. The van der Waals surface area contributed by atoms with Gasteiger partial charge in [0.15, 0.2) is 0 Å². The maximum absolute atomic E-state index is 10.7. The molecule has 5 heteroatoms. The highest BCUT2D eigenvalue weighted by Crippen LogP contribution is 2.12. The summed E-state index contributed by atoms with van der Waals surface area (Å²) in [7, 11) is 0. The fourth-order valence-electron chi connectivity index (χ4n) is 1.18. The van der Waals surface area contributed by atoms with Crippen LogP contribution in [0.25, 0.3) is 0 Å². The van der Waals surface area contributed by atoms with Crippen LogP contribution in [-0.4, -0.2) is 46.7 Å². The maximum atomic E-state index is 10.7. The fourth-order valence-corrected chi connectivity index (χ4v) is 1.57. The highest BCUT2D eigenvalue weighted by Gasteiger charge is 2.28. The van der Waals surface area contributed by atoms with Gasteiger partial charge in [-0.3, -0.25) is 0 Å². The summed E-state index contributed by atoms with van der Waals surface area (Å²) in [5.74, 6) is 0. The van der Waals surface area contributed by atoms with Crippen LogP contribution in [0.4, 0.5) is 4.79 Å². The summed E-state index contributed by atoms with van der Waals surface area (Å²) in [6.45, 7) is 2.79. The molecule has 1 saturated heterocycles. The molecule has 1 amide bonds. The Kier molecular flexibility index (Phi) is 3.34. The third-order valence-corrected chi connectivity index (χ3v) is 2.65. The Morgan fingerprint density at radius 2 is 2.50 bits per heavy atom. The predicted molar refractivity (Wildman–Crippen MR) is 47.7 cm³/mol. The highest BCUT2D eigenvalue weighted by atomic mass is 79.9. The highest BCUT2D eigenvalue weighted by molar-refractivity contribution is 9.09. The number of morpholine rings is 1. The summed E-state index contributed by atoms with van der Waals surface area (Å²) in [6, 6.07) is -0.0298. The summed E-state index contributed by atoms with van der Waals surface area (Å²) < 4.78 is 5.37. The molecule has 0 bridgehead atoms. The van der Waals surface area contributed by atoms with Gasteiger partial charge < -0.3 is 14.7 Å². The number of amides is 1. The van der Waals surface area contributed by atoms with E-state index in [2.05, 4.69) is 15.9 Å². The SMILES string of the molecule is C[C@@H]1CO[C@@H](CBr)CN1C(=O)O. The molecular weight excluding hydrogens is 226 g/mol. The molecule has 0 spiro atoms. The Morgan fingerprint density at radius 3 is 3.00 bits per heavy atom. The smallest absolute Gasteiger partial charge is 0.407 e. The number of ether oxygens (including phenoxy) is 1. The molecule has 4 nitrogen and oxygen atoms in total. The van der Waals surface area contributed by atoms with Crippen LogP contribution in [0.5, 0.6) is 0 Å². The lowest BCUT2D eigenvalue weighted by molar-refractivity contribution is -0.0374. The van der Waals surface area contributed by atoms with Crippen LogP contribution in [0.1, 0.15) is 6.92 Å². The zero-order valence-electron chi connectivity index (χ0n) is 6.86. The average molecular weight is 238 g/mol. The molecule has 12 heavy (non-hydrogen) atoms. The van der Waals surface area contributed by atoms with E-state index < -0.39 is 6.09 Å². The normalized spacial score (nSPS) is 30.3. The molecular formula is C7H12BrNO3. The summed E-state index contributed by atoms with van der Waals surface area (Å²) in [5, 5.41) is 9.46. The zero-order chi connectivity index (χ0) is 9.14. The first-order chi connectivity index (χ1) is 5.65. The van der Waals surface area contributed by atoms with Crippen molar-refractivity contribution >= 4 is 22.0 Å². The molecule has 1 aliphatic heterocycles. The van der Waals surface area contributed by atoms with E-state index in [0.29, 0.717) is 18.5 Å². The first kappa shape index (κ1) is 9.80. The molecule has 70 valence electrons. The minimum Gasteiger partial charge on any atom is -0.465 e. The molecule has 0 unspecified atom stereocenters. The number of nitrogens with zero attached hydrogens (tertiary/aromatic N) is 1. The molecule has 1 rings (SSSR count). The van der Waals surface area contributed by atoms with Crippen molar-refractivity contribution in [2.45, 2.75) is 19.1 Å². The first-order valence-electron chi connectivity index (χ1n) is 3.82. The molecule has 0 radical (unpaired) electrons. The van der Waals surface area contributed by atoms with Crippen molar-refractivity contribution in [1.29, 1.82) is 0 Å². The lowest BCUT2D eigenvalue weighted by atomic mass is 10.2. The van der Waals surface area contributed by atoms with E-state index >= 15 is 0 Å². The van der Waals surface area contributed by atoms with E-state index in [0.717, 1.165) is 0 Å². The van der Waals surface area contributed by atoms with Crippen molar-refractivity contribution in [3.05, 3.63) is 0 Å². The monoisotopic (exact) mass is 237 g/mol. The number of carbonyl (C=O) groups is 1. The van der Waals surface area contributed by atoms with Crippen LogP contribution < -0.4 is 0 Å². The van der Waals surface area contributed by atoms with Crippen molar-refractivity contribution < 1.29 is 14.6 Å². The third kappa shape index (κ3) is 2.10. The number of halogens is 1. The molecule has 1 fully saturated rings. The van der Waals surface area contributed by atoms with E-state index in [9.17, 15) is 4.79 Å². The van der Waals surface area contributed by atoms with Crippen LogP contribution in [-0.2, 0) is 4.74 Å². The van der Waals surface area contributed by atoms with Gasteiger partial charge in [-0.25, -0.2) is 4.79 Å². The van der Waals surface area contributed by atoms with Crippen molar-refractivity contribution in [1.82, 2.24) is 4.90 Å². The maximum Gasteiger partial charge on any atom is 0.407 e. The number of hydrogen-bond donors (Lipinski definition) is 1. The Morgan fingerprint density at radius 1 is 1.83 bits per heavy atom. The van der Waals surface area contributed by atoms with Gasteiger partial charge in [0, 0.05) is 5.33 Å². The standard InChI is InChI=1S/C7H12BrNO3/c1-5-4-12-6(2-8)3-9(5)7(10)11/h5-6H,2-4H2,1H3,(H,10,11)/t5-,6+/m1/s1. The van der Waals surface area contributed by atoms with Gasteiger partial charge in [-0.05, 0) is 6.92 Å². The summed E-state index contributed by atoms with van der Waals surface area (Å²) in [5.41, 5.74) is 0. The van der Waals surface area contributed by atoms with Gasteiger partial charge in [-0.2, -0.15) is 0 Å². The van der Waals surface area contributed by atoms with Crippen molar-refractivity contribution in [3.8, 4) is 0 Å². The minimum atomic E-state index is -0.864. The van der Waals surface area contributed by atoms with Gasteiger partial charge in [0.1, 0.15) is 0 Å². The topological polar surface area (TPSA) is 49.8 Å². The molecule has 0 aromatic carbocycles. The summed E-state index contributed by atoms with van der Waals surface area (Å²) in [6.07, 6.45) is -0.867. The van der Waals surface area contributed by atoms with E-state index in [1.165, 1.54) is 4.90 Å². The Labute approximate surface area is 79.6 Å². The Balaban J connectivity index is 2.53. The van der Waals surface area contributed by atoms with Gasteiger partial charge in [-0.1, -0.05) is 15.9 Å². The molecule has 0 saturated carbocycles. The second-order valence-corrected chi connectivity index (χ2v) is 3.54. The van der Waals surface area contributed by atoms with Crippen LogP contribution in [0.15, 0.2) is 0 Å². The average Bonchev–Trinajstić information content (AvgIpc) is 2.05. The molecule has 1 heterocycles. The van der Waals surface area contributed by atoms with Gasteiger partial charge in [0.2, 0.25) is 0 Å². The molecule has 0 aromatic rings. The number of hydrogen-bond acceptors (Lipinski definition) is 2. The molecule has 0 aliphatic carbocycles. The zero-order valence-corrected chi connectivity index (χ0v) is 8.45. The van der Waals surface area contributed by atoms with E-state index in [-0.39, 0.29) is 12.1 Å². The van der Waals surface area contributed by atoms with E-state index in [1.54, 1.807) is 0 Å². The second kappa shape index (κ2) is 4.09.